The molecule has 1 aromatic heterocycles. The first-order valence-electron chi connectivity index (χ1n) is 7.24. The van der Waals surface area contributed by atoms with E-state index in [1.807, 2.05) is 0 Å². The lowest BCUT2D eigenvalue weighted by Crippen LogP contribution is -2.40. The van der Waals surface area contributed by atoms with E-state index in [2.05, 4.69) is 14.1 Å². The van der Waals surface area contributed by atoms with Gasteiger partial charge in [0.2, 0.25) is 0 Å². The predicted molar refractivity (Wildman–Crippen MR) is 71.7 cm³/mol. The maximum atomic E-state index is 6.01. The van der Waals surface area contributed by atoms with Crippen LogP contribution in [-0.2, 0) is 0 Å². The molecule has 2 heterocycles. The van der Waals surface area contributed by atoms with Gasteiger partial charge in [-0.25, -0.2) is 0 Å². The first-order valence-corrected chi connectivity index (χ1v) is 7.97. The average Bonchev–Trinajstić information content (AvgIpc) is 3.04. The minimum Gasteiger partial charge on any atom is -0.473 e. The molecule has 1 aromatic rings. The van der Waals surface area contributed by atoms with Gasteiger partial charge in [0.25, 0.3) is 11.8 Å². The predicted octanol–water partition coefficient (Wildman–Crippen LogP) is 1.85. The smallest absolute Gasteiger partial charge is 0.291 e. The quantitative estimate of drug-likeness (QED) is 0.892. The molecule has 0 radical (unpaired) electrons. The lowest BCUT2D eigenvalue weighted by atomic mass is 9.86. The maximum absolute atomic E-state index is 6.01. The normalized spacial score (nSPS) is 33.4. The molecule has 104 valence electrons. The van der Waals surface area contributed by atoms with Crippen LogP contribution in [0.25, 0.3) is 0 Å². The summed E-state index contributed by atoms with van der Waals surface area (Å²) >= 11 is 1.18. The summed E-state index contributed by atoms with van der Waals surface area (Å²) in [7, 11) is 0. The second-order valence-corrected chi connectivity index (χ2v) is 6.52. The SMILES string of the molecule is C1CC(COc2nsnc2O[C@H]2CC3CNC2C3)C1. The van der Waals surface area contributed by atoms with E-state index < -0.39 is 0 Å². The van der Waals surface area contributed by atoms with Crippen molar-refractivity contribution in [3.63, 3.8) is 0 Å². The van der Waals surface area contributed by atoms with Crippen LogP contribution in [0.15, 0.2) is 0 Å². The molecular formula is C13H19N3O2S. The van der Waals surface area contributed by atoms with Gasteiger partial charge in [-0.15, -0.1) is 8.75 Å². The van der Waals surface area contributed by atoms with E-state index >= 15 is 0 Å². The van der Waals surface area contributed by atoms with Crippen LogP contribution in [0, 0.1) is 11.8 Å². The van der Waals surface area contributed by atoms with E-state index in [0.717, 1.165) is 25.5 Å². The second kappa shape index (κ2) is 4.90. The molecule has 1 aliphatic heterocycles. The van der Waals surface area contributed by atoms with Gasteiger partial charge < -0.3 is 14.8 Å². The number of piperidine rings is 1. The van der Waals surface area contributed by atoms with Gasteiger partial charge in [0.05, 0.1) is 18.3 Å². The van der Waals surface area contributed by atoms with E-state index in [0.29, 0.717) is 23.7 Å². The molecule has 3 fully saturated rings. The number of rotatable bonds is 5. The van der Waals surface area contributed by atoms with Gasteiger partial charge >= 0.3 is 0 Å². The number of fused-ring (bicyclic) bond motifs is 2. The van der Waals surface area contributed by atoms with E-state index in [4.69, 9.17) is 9.47 Å². The summed E-state index contributed by atoms with van der Waals surface area (Å²) in [6.07, 6.45) is 6.52. The molecule has 2 saturated carbocycles. The first-order chi connectivity index (χ1) is 9.38. The number of hydrogen-bond acceptors (Lipinski definition) is 6. The third-order valence-electron chi connectivity index (χ3n) is 4.64. The summed E-state index contributed by atoms with van der Waals surface area (Å²) in [5, 5.41) is 3.50. The molecule has 19 heavy (non-hydrogen) atoms. The molecule has 5 nitrogen and oxygen atoms in total. The fraction of sp³-hybridized carbons (Fsp3) is 0.846. The number of nitrogens with one attached hydrogen (secondary N) is 1. The summed E-state index contributed by atoms with van der Waals surface area (Å²) in [4.78, 5) is 0. The Bertz CT molecular complexity index is 449. The molecule has 3 aliphatic rings. The number of hydrogen-bond donors (Lipinski definition) is 1. The highest BCUT2D eigenvalue weighted by molar-refractivity contribution is 6.99. The van der Waals surface area contributed by atoms with Gasteiger partial charge in [-0.3, -0.25) is 0 Å². The monoisotopic (exact) mass is 281 g/mol. The van der Waals surface area contributed by atoms with Gasteiger partial charge in [-0.1, -0.05) is 6.42 Å². The van der Waals surface area contributed by atoms with Crippen LogP contribution in [-0.4, -0.2) is 34.0 Å². The lowest BCUT2D eigenvalue weighted by Gasteiger charge is -2.25. The Morgan fingerprint density at radius 1 is 1.21 bits per heavy atom. The summed E-state index contributed by atoms with van der Waals surface area (Å²) in [6, 6.07) is 0.492. The lowest BCUT2D eigenvalue weighted by molar-refractivity contribution is 0.133. The van der Waals surface area contributed by atoms with Crippen LogP contribution in [0.4, 0.5) is 0 Å². The van der Waals surface area contributed by atoms with Crippen molar-refractivity contribution in [2.75, 3.05) is 13.2 Å². The summed E-state index contributed by atoms with van der Waals surface area (Å²) < 4.78 is 20.2. The largest absolute Gasteiger partial charge is 0.473 e. The summed E-state index contributed by atoms with van der Waals surface area (Å²) in [5.41, 5.74) is 0. The van der Waals surface area contributed by atoms with Crippen LogP contribution in [0.1, 0.15) is 32.1 Å². The van der Waals surface area contributed by atoms with Crippen LogP contribution < -0.4 is 14.8 Å². The highest BCUT2D eigenvalue weighted by atomic mass is 32.1. The minimum atomic E-state index is 0.244. The van der Waals surface area contributed by atoms with Crippen LogP contribution >= 0.6 is 11.7 Å². The zero-order valence-corrected chi connectivity index (χ0v) is 11.7. The Labute approximate surface area is 117 Å². The number of aromatic nitrogens is 2. The van der Waals surface area contributed by atoms with Crippen molar-refractivity contribution in [2.24, 2.45) is 11.8 Å². The Morgan fingerprint density at radius 2 is 2.11 bits per heavy atom. The minimum absolute atomic E-state index is 0.244. The Hall–Kier alpha value is -0.880. The molecule has 2 unspecified atom stereocenters. The average molecular weight is 281 g/mol. The van der Waals surface area contributed by atoms with Gasteiger partial charge in [0.1, 0.15) is 6.10 Å². The van der Waals surface area contributed by atoms with Crippen LogP contribution in [0.3, 0.4) is 0 Å². The molecule has 0 spiro atoms. The molecule has 0 amide bonds. The van der Waals surface area contributed by atoms with Gasteiger partial charge in [-0.2, -0.15) is 0 Å². The third-order valence-corrected chi connectivity index (χ3v) is 5.14. The first kappa shape index (κ1) is 11.9. The van der Waals surface area contributed by atoms with Gasteiger partial charge in [-0.05, 0) is 44.1 Å². The maximum Gasteiger partial charge on any atom is 0.291 e. The Kier molecular flexibility index (Phi) is 3.07. The van der Waals surface area contributed by atoms with Crippen LogP contribution in [0.5, 0.6) is 11.8 Å². The van der Waals surface area contributed by atoms with Crippen molar-refractivity contribution in [1.29, 1.82) is 0 Å². The summed E-state index contributed by atoms with van der Waals surface area (Å²) in [6.45, 7) is 1.90. The Morgan fingerprint density at radius 3 is 2.79 bits per heavy atom. The van der Waals surface area contributed by atoms with Crippen molar-refractivity contribution < 1.29 is 9.47 Å². The Balaban J connectivity index is 1.36. The van der Waals surface area contributed by atoms with Gasteiger partial charge in [0, 0.05) is 6.04 Å². The topological polar surface area (TPSA) is 56.3 Å². The molecule has 2 bridgehead atoms. The van der Waals surface area contributed by atoms with Crippen LogP contribution in [0.2, 0.25) is 0 Å². The van der Waals surface area contributed by atoms with Gasteiger partial charge in [0.15, 0.2) is 0 Å². The fourth-order valence-corrected chi connectivity index (χ4v) is 3.70. The molecule has 1 saturated heterocycles. The summed E-state index contributed by atoms with van der Waals surface area (Å²) in [5.74, 6) is 2.68. The van der Waals surface area contributed by atoms with Crippen molar-refractivity contribution >= 4 is 11.7 Å². The zero-order chi connectivity index (χ0) is 12.7. The van der Waals surface area contributed by atoms with Crippen molar-refractivity contribution in [3.8, 4) is 11.8 Å². The molecule has 3 atom stereocenters. The molecule has 2 aliphatic carbocycles. The highest BCUT2D eigenvalue weighted by Gasteiger charge is 2.41. The van der Waals surface area contributed by atoms with E-state index in [-0.39, 0.29) is 6.10 Å². The molecular weight excluding hydrogens is 262 g/mol. The van der Waals surface area contributed by atoms with E-state index in [9.17, 15) is 0 Å². The van der Waals surface area contributed by atoms with E-state index in [1.165, 1.54) is 37.4 Å². The highest BCUT2D eigenvalue weighted by Crippen LogP contribution is 2.36. The van der Waals surface area contributed by atoms with Crippen molar-refractivity contribution in [3.05, 3.63) is 0 Å². The molecule has 6 heteroatoms. The number of ether oxygens (including phenoxy) is 2. The molecule has 0 aromatic carbocycles. The zero-order valence-electron chi connectivity index (χ0n) is 10.9. The van der Waals surface area contributed by atoms with Crippen molar-refractivity contribution in [1.82, 2.24) is 14.1 Å². The number of nitrogens with zero attached hydrogens (tertiary/aromatic N) is 2. The molecule has 1 N–H and O–H groups in total. The standard InChI is InChI=1S/C13H19N3O2S/c1-2-8(3-1)7-17-12-13(16-19-15-12)18-11-5-9-4-10(11)14-6-9/h8-11,14H,1-7H2/t9?,10?,11-/m0/s1. The molecule has 4 rings (SSSR count). The second-order valence-electron chi connectivity index (χ2n) is 5.99. The van der Waals surface area contributed by atoms with E-state index in [1.54, 1.807) is 0 Å². The third kappa shape index (κ3) is 2.31. The fourth-order valence-electron chi connectivity index (χ4n) is 3.26. The van der Waals surface area contributed by atoms with Crippen molar-refractivity contribution in [2.45, 2.75) is 44.2 Å².